The molecular formula is C16H30ClN3O4. The van der Waals surface area contributed by atoms with Crippen LogP contribution in [-0.4, -0.2) is 75.4 Å². The standard InChI is InChI=1S/C16H29N3O4.ClH/c1-22-12-9-17-7-8-18-15(20)13-5-2-3-10-19(13)16(21)14-6-4-11-23-14;/h13-14,17H,2-12H2,1H3,(H,18,20);1H. The highest BCUT2D eigenvalue weighted by Gasteiger charge is 2.36. The van der Waals surface area contributed by atoms with Crippen LogP contribution in [0, 0.1) is 0 Å². The van der Waals surface area contributed by atoms with Crippen LogP contribution in [0.1, 0.15) is 32.1 Å². The van der Waals surface area contributed by atoms with Crippen LogP contribution in [0.15, 0.2) is 0 Å². The number of piperidine rings is 1. The number of hydrogen-bond acceptors (Lipinski definition) is 5. The lowest BCUT2D eigenvalue weighted by molar-refractivity contribution is -0.149. The molecule has 2 heterocycles. The second-order valence-corrected chi connectivity index (χ2v) is 6.08. The quantitative estimate of drug-likeness (QED) is 0.607. The van der Waals surface area contributed by atoms with E-state index in [-0.39, 0.29) is 36.4 Å². The van der Waals surface area contributed by atoms with Crippen LogP contribution in [0.4, 0.5) is 0 Å². The Labute approximate surface area is 150 Å². The van der Waals surface area contributed by atoms with Crippen molar-refractivity contribution in [2.24, 2.45) is 0 Å². The SMILES string of the molecule is COCCNCCNC(=O)C1CCCCN1C(=O)C1CCCO1.Cl. The maximum absolute atomic E-state index is 12.6. The van der Waals surface area contributed by atoms with Crippen LogP contribution in [0.2, 0.25) is 0 Å². The molecule has 0 aromatic carbocycles. The summed E-state index contributed by atoms with van der Waals surface area (Å²) in [5.74, 6) is -0.0647. The van der Waals surface area contributed by atoms with Crippen LogP contribution < -0.4 is 10.6 Å². The minimum atomic E-state index is -0.348. The zero-order valence-corrected chi connectivity index (χ0v) is 15.2. The molecule has 2 aliphatic heterocycles. The second-order valence-electron chi connectivity index (χ2n) is 6.08. The third-order valence-electron chi connectivity index (χ3n) is 4.38. The van der Waals surface area contributed by atoms with Gasteiger partial charge in [0.1, 0.15) is 12.1 Å². The molecule has 2 N–H and O–H groups in total. The average molecular weight is 364 g/mol. The number of halogens is 1. The highest BCUT2D eigenvalue weighted by molar-refractivity contribution is 5.89. The molecule has 0 aromatic rings. The van der Waals surface area contributed by atoms with Crippen molar-refractivity contribution in [3.05, 3.63) is 0 Å². The van der Waals surface area contributed by atoms with Crippen molar-refractivity contribution in [3.8, 4) is 0 Å². The minimum Gasteiger partial charge on any atom is -0.383 e. The van der Waals surface area contributed by atoms with E-state index < -0.39 is 0 Å². The maximum Gasteiger partial charge on any atom is 0.252 e. The van der Waals surface area contributed by atoms with E-state index in [2.05, 4.69) is 10.6 Å². The number of amides is 2. The van der Waals surface area contributed by atoms with Gasteiger partial charge in [0.2, 0.25) is 5.91 Å². The number of hydrogen-bond donors (Lipinski definition) is 2. The largest absolute Gasteiger partial charge is 0.383 e. The summed E-state index contributed by atoms with van der Waals surface area (Å²) in [6, 6.07) is -0.348. The van der Waals surface area contributed by atoms with Gasteiger partial charge in [0.15, 0.2) is 0 Å². The van der Waals surface area contributed by atoms with Gasteiger partial charge in [0.25, 0.3) is 5.91 Å². The van der Waals surface area contributed by atoms with E-state index in [9.17, 15) is 9.59 Å². The Morgan fingerprint density at radius 1 is 1.17 bits per heavy atom. The summed E-state index contributed by atoms with van der Waals surface area (Å²) < 4.78 is 10.4. The van der Waals surface area contributed by atoms with Gasteiger partial charge in [-0.1, -0.05) is 0 Å². The number of carbonyl (C=O) groups is 2. The highest BCUT2D eigenvalue weighted by atomic mass is 35.5. The smallest absolute Gasteiger partial charge is 0.252 e. The van der Waals surface area contributed by atoms with E-state index >= 15 is 0 Å². The van der Waals surface area contributed by atoms with Gasteiger partial charge in [-0.25, -0.2) is 0 Å². The van der Waals surface area contributed by atoms with Gasteiger partial charge in [-0.15, -0.1) is 12.4 Å². The minimum absolute atomic E-state index is 0. The molecule has 0 saturated carbocycles. The Bertz CT molecular complexity index is 392. The van der Waals surface area contributed by atoms with Crippen LogP contribution >= 0.6 is 12.4 Å². The summed E-state index contributed by atoms with van der Waals surface area (Å²) in [4.78, 5) is 26.7. The number of ether oxygens (including phenoxy) is 2. The van der Waals surface area contributed by atoms with Gasteiger partial charge >= 0.3 is 0 Å². The lowest BCUT2D eigenvalue weighted by Gasteiger charge is -2.36. The third kappa shape index (κ3) is 6.20. The van der Waals surface area contributed by atoms with E-state index in [1.54, 1.807) is 12.0 Å². The molecule has 2 fully saturated rings. The number of likely N-dealkylation sites (tertiary alicyclic amines) is 1. The van der Waals surface area contributed by atoms with Crippen molar-refractivity contribution < 1.29 is 19.1 Å². The molecular weight excluding hydrogens is 334 g/mol. The monoisotopic (exact) mass is 363 g/mol. The zero-order valence-electron chi connectivity index (χ0n) is 14.4. The first kappa shape index (κ1) is 21.2. The summed E-state index contributed by atoms with van der Waals surface area (Å²) in [6.07, 6.45) is 4.03. The number of nitrogens with zero attached hydrogens (tertiary/aromatic N) is 1. The number of carbonyl (C=O) groups excluding carboxylic acids is 2. The molecule has 2 saturated heterocycles. The molecule has 0 aromatic heterocycles. The van der Waals surface area contributed by atoms with Crippen molar-refractivity contribution in [3.63, 3.8) is 0 Å². The molecule has 0 spiro atoms. The topological polar surface area (TPSA) is 79.9 Å². The lowest BCUT2D eigenvalue weighted by atomic mass is 10.00. The molecule has 140 valence electrons. The summed E-state index contributed by atoms with van der Waals surface area (Å²) in [6.45, 7) is 3.97. The molecule has 0 aliphatic carbocycles. The van der Waals surface area contributed by atoms with Crippen LogP contribution in [-0.2, 0) is 19.1 Å². The van der Waals surface area contributed by atoms with Gasteiger partial charge < -0.3 is 25.0 Å². The molecule has 0 radical (unpaired) electrons. The van der Waals surface area contributed by atoms with Crippen molar-refractivity contribution in [2.75, 3.05) is 46.5 Å². The number of methoxy groups -OCH3 is 1. The van der Waals surface area contributed by atoms with E-state index in [1.165, 1.54) is 0 Å². The predicted octanol–water partition coefficient (Wildman–Crippen LogP) is 0.321. The molecule has 0 bridgehead atoms. The van der Waals surface area contributed by atoms with Gasteiger partial charge in [0, 0.05) is 39.9 Å². The second kappa shape index (κ2) is 11.6. The van der Waals surface area contributed by atoms with E-state index in [0.29, 0.717) is 32.8 Å². The Hall–Kier alpha value is -0.890. The van der Waals surface area contributed by atoms with E-state index in [1.807, 2.05) is 0 Å². The number of nitrogens with one attached hydrogen (secondary N) is 2. The summed E-state index contributed by atoms with van der Waals surface area (Å²) >= 11 is 0. The summed E-state index contributed by atoms with van der Waals surface area (Å²) in [5.41, 5.74) is 0. The Morgan fingerprint density at radius 3 is 2.71 bits per heavy atom. The molecule has 2 unspecified atom stereocenters. The van der Waals surface area contributed by atoms with Gasteiger partial charge in [-0.05, 0) is 32.1 Å². The lowest BCUT2D eigenvalue weighted by Crippen LogP contribution is -2.55. The van der Waals surface area contributed by atoms with Crippen LogP contribution in [0.3, 0.4) is 0 Å². The highest BCUT2D eigenvalue weighted by Crippen LogP contribution is 2.22. The Balaban J connectivity index is 0.00000288. The Morgan fingerprint density at radius 2 is 2.00 bits per heavy atom. The predicted molar refractivity (Wildman–Crippen MR) is 93.3 cm³/mol. The molecule has 7 nitrogen and oxygen atoms in total. The van der Waals surface area contributed by atoms with E-state index in [4.69, 9.17) is 9.47 Å². The first-order chi connectivity index (χ1) is 11.2. The number of rotatable bonds is 8. The van der Waals surface area contributed by atoms with Crippen LogP contribution in [0.5, 0.6) is 0 Å². The third-order valence-corrected chi connectivity index (χ3v) is 4.38. The first-order valence-electron chi connectivity index (χ1n) is 8.63. The molecule has 8 heteroatoms. The summed E-state index contributed by atoms with van der Waals surface area (Å²) in [5, 5.41) is 6.11. The fourth-order valence-electron chi connectivity index (χ4n) is 3.12. The first-order valence-corrected chi connectivity index (χ1v) is 8.63. The summed E-state index contributed by atoms with van der Waals surface area (Å²) in [7, 11) is 1.66. The Kier molecular flexibility index (Phi) is 10.2. The van der Waals surface area contributed by atoms with Crippen molar-refractivity contribution >= 4 is 24.2 Å². The average Bonchev–Trinajstić information content (AvgIpc) is 3.11. The fraction of sp³-hybridized carbons (Fsp3) is 0.875. The van der Waals surface area contributed by atoms with Gasteiger partial charge in [-0.2, -0.15) is 0 Å². The van der Waals surface area contributed by atoms with Crippen molar-refractivity contribution in [1.29, 1.82) is 0 Å². The molecule has 2 atom stereocenters. The maximum atomic E-state index is 12.6. The molecule has 2 aliphatic rings. The fourth-order valence-corrected chi connectivity index (χ4v) is 3.12. The normalized spacial score (nSPS) is 23.6. The van der Waals surface area contributed by atoms with E-state index in [0.717, 1.165) is 38.6 Å². The zero-order chi connectivity index (χ0) is 16.5. The van der Waals surface area contributed by atoms with Gasteiger partial charge in [0.05, 0.1) is 6.61 Å². The molecule has 2 amide bonds. The molecule has 24 heavy (non-hydrogen) atoms. The molecule has 2 rings (SSSR count). The van der Waals surface area contributed by atoms with Gasteiger partial charge in [-0.3, -0.25) is 9.59 Å². The van der Waals surface area contributed by atoms with Crippen molar-refractivity contribution in [1.82, 2.24) is 15.5 Å². The van der Waals surface area contributed by atoms with Crippen molar-refractivity contribution in [2.45, 2.75) is 44.2 Å². The van der Waals surface area contributed by atoms with Crippen LogP contribution in [0.25, 0.3) is 0 Å².